The van der Waals surface area contributed by atoms with Gasteiger partial charge in [0.15, 0.2) is 0 Å². The second kappa shape index (κ2) is 6.51. The number of morpholine rings is 1. The van der Waals surface area contributed by atoms with Crippen molar-refractivity contribution in [1.29, 1.82) is 0 Å². The summed E-state index contributed by atoms with van der Waals surface area (Å²) in [5.74, 6) is 3.34. The second-order valence-corrected chi connectivity index (χ2v) is 7.75. The molecule has 2 heterocycles. The van der Waals surface area contributed by atoms with Crippen molar-refractivity contribution in [2.24, 2.45) is 5.92 Å². The molecule has 18 heavy (non-hydrogen) atoms. The van der Waals surface area contributed by atoms with Gasteiger partial charge in [-0.15, -0.1) is 23.5 Å². The molecular weight excluding hydrogens is 262 g/mol. The van der Waals surface area contributed by atoms with Crippen molar-refractivity contribution in [3.8, 4) is 0 Å². The van der Waals surface area contributed by atoms with Crippen LogP contribution in [0, 0.1) is 5.92 Å². The number of nitrogens with zero attached hydrogens (tertiary/aromatic N) is 1. The van der Waals surface area contributed by atoms with Gasteiger partial charge in [0.05, 0.1) is 17.8 Å². The van der Waals surface area contributed by atoms with Crippen LogP contribution < -0.4 is 0 Å². The molecule has 0 saturated carbocycles. The van der Waals surface area contributed by atoms with Crippen LogP contribution in [-0.2, 0) is 4.74 Å². The SMILES string of the molecule is C1=CC(C2SCCCS2)C(N2CCOCC2)C=C1. The summed E-state index contributed by atoms with van der Waals surface area (Å²) in [5, 5.41) is 0. The van der Waals surface area contributed by atoms with Crippen LogP contribution in [-0.4, -0.2) is 53.3 Å². The Balaban J connectivity index is 1.69. The maximum absolute atomic E-state index is 5.48. The van der Waals surface area contributed by atoms with Crippen LogP contribution in [0.5, 0.6) is 0 Å². The molecule has 2 fully saturated rings. The minimum absolute atomic E-state index is 0.585. The Hall–Kier alpha value is 0.100. The molecule has 2 unspecified atom stereocenters. The molecule has 0 amide bonds. The van der Waals surface area contributed by atoms with Crippen molar-refractivity contribution in [2.45, 2.75) is 17.0 Å². The predicted octanol–water partition coefficient (Wildman–Crippen LogP) is 2.63. The van der Waals surface area contributed by atoms with Crippen LogP contribution in [0.2, 0.25) is 0 Å². The highest BCUT2D eigenvalue weighted by Gasteiger charge is 2.33. The van der Waals surface area contributed by atoms with Crippen LogP contribution in [0.15, 0.2) is 24.3 Å². The zero-order chi connectivity index (χ0) is 12.2. The molecule has 0 aromatic carbocycles. The molecule has 0 bridgehead atoms. The first-order valence-corrected chi connectivity index (χ1v) is 8.95. The van der Waals surface area contributed by atoms with Crippen LogP contribution in [0.3, 0.4) is 0 Å². The largest absolute Gasteiger partial charge is 0.379 e. The normalized spacial score (nSPS) is 34.9. The van der Waals surface area contributed by atoms with E-state index in [-0.39, 0.29) is 0 Å². The molecule has 2 aliphatic heterocycles. The number of allylic oxidation sites excluding steroid dienone is 2. The highest BCUT2D eigenvalue weighted by molar-refractivity contribution is 8.17. The summed E-state index contributed by atoms with van der Waals surface area (Å²) >= 11 is 4.31. The fourth-order valence-electron chi connectivity index (χ4n) is 2.83. The maximum Gasteiger partial charge on any atom is 0.0594 e. The summed E-state index contributed by atoms with van der Waals surface area (Å²) in [5.41, 5.74) is 0. The highest BCUT2D eigenvalue weighted by Crippen LogP contribution is 2.40. The number of hydrogen-bond acceptors (Lipinski definition) is 4. The Bertz CT molecular complexity index is 288. The van der Waals surface area contributed by atoms with Gasteiger partial charge in [-0.3, -0.25) is 4.90 Å². The Kier molecular flexibility index (Phi) is 4.74. The van der Waals surface area contributed by atoms with Gasteiger partial charge in [-0.1, -0.05) is 24.3 Å². The summed E-state index contributed by atoms with van der Waals surface area (Å²) in [7, 11) is 0. The molecule has 0 N–H and O–H groups in total. The Morgan fingerprint density at radius 3 is 2.50 bits per heavy atom. The van der Waals surface area contributed by atoms with Gasteiger partial charge in [-0.05, 0) is 17.9 Å². The third-order valence-electron chi connectivity index (χ3n) is 3.78. The van der Waals surface area contributed by atoms with Crippen molar-refractivity contribution in [2.75, 3.05) is 37.8 Å². The van der Waals surface area contributed by atoms with Gasteiger partial charge >= 0.3 is 0 Å². The standard InChI is InChI=1S/C14H21NOS2/c1-2-5-13(15-6-8-16-9-7-15)12(4-1)14-17-10-3-11-18-14/h1-2,4-5,12-14H,3,6-11H2. The molecule has 0 aromatic heterocycles. The maximum atomic E-state index is 5.48. The lowest BCUT2D eigenvalue weighted by Gasteiger charge is -2.41. The van der Waals surface area contributed by atoms with Gasteiger partial charge < -0.3 is 4.74 Å². The van der Waals surface area contributed by atoms with E-state index in [4.69, 9.17) is 4.74 Å². The average molecular weight is 283 g/mol. The van der Waals surface area contributed by atoms with Gasteiger partial charge in [0, 0.05) is 25.0 Å². The lowest BCUT2D eigenvalue weighted by atomic mass is 9.95. The van der Waals surface area contributed by atoms with Crippen LogP contribution in [0.4, 0.5) is 0 Å². The van der Waals surface area contributed by atoms with Crippen molar-refractivity contribution in [1.82, 2.24) is 4.90 Å². The van der Waals surface area contributed by atoms with E-state index in [2.05, 4.69) is 52.7 Å². The van der Waals surface area contributed by atoms with Crippen LogP contribution >= 0.6 is 23.5 Å². The number of hydrogen-bond donors (Lipinski definition) is 0. The van der Waals surface area contributed by atoms with Gasteiger partial charge in [-0.2, -0.15) is 0 Å². The molecule has 2 saturated heterocycles. The van der Waals surface area contributed by atoms with Crippen LogP contribution in [0.25, 0.3) is 0 Å². The van der Waals surface area contributed by atoms with E-state index in [9.17, 15) is 0 Å². The summed E-state index contributed by atoms with van der Waals surface area (Å²) in [6.45, 7) is 3.96. The molecule has 100 valence electrons. The van der Waals surface area contributed by atoms with Crippen molar-refractivity contribution in [3.63, 3.8) is 0 Å². The summed E-state index contributed by atoms with van der Waals surface area (Å²) in [6, 6.07) is 0.585. The molecule has 1 aliphatic carbocycles. The molecule has 0 spiro atoms. The number of ether oxygens (including phenoxy) is 1. The summed E-state index contributed by atoms with van der Waals surface area (Å²) in [4.78, 5) is 2.60. The Labute approximate surface area is 118 Å². The first kappa shape index (κ1) is 13.1. The second-order valence-electron chi connectivity index (χ2n) is 4.95. The first-order chi connectivity index (χ1) is 8.95. The Morgan fingerprint density at radius 2 is 1.72 bits per heavy atom. The monoisotopic (exact) mass is 283 g/mol. The minimum atomic E-state index is 0.585. The van der Waals surface area contributed by atoms with Gasteiger partial charge in [0.2, 0.25) is 0 Å². The average Bonchev–Trinajstić information content (AvgIpc) is 2.49. The smallest absolute Gasteiger partial charge is 0.0594 e. The molecule has 0 radical (unpaired) electrons. The van der Waals surface area contributed by atoms with Gasteiger partial charge in [0.1, 0.15) is 0 Å². The minimum Gasteiger partial charge on any atom is -0.379 e. The lowest BCUT2D eigenvalue weighted by molar-refractivity contribution is 0.0191. The number of rotatable bonds is 2. The quantitative estimate of drug-likeness (QED) is 0.772. The van der Waals surface area contributed by atoms with Gasteiger partial charge in [-0.25, -0.2) is 0 Å². The van der Waals surface area contributed by atoms with Gasteiger partial charge in [0.25, 0.3) is 0 Å². The number of thioether (sulfide) groups is 2. The van der Waals surface area contributed by atoms with E-state index in [1.807, 2.05) is 0 Å². The topological polar surface area (TPSA) is 12.5 Å². The fourth-order valence-corrected chi connectivity index (χ4v) is 6.01. The summed E-state index contributed by atoms with van der Waals surface area (Å²) < 4.78 is 6.22. The zero-order valence-electron chi connectivity index (χ0n) is 10.7. The van der Waals surface area contributed by atoms with E-state index in [1.165, 1.54) is 17.9 Å². The van der Waals surface area contributed by atoms with Crippen LogP contribution in [0.1, 0.15) is 6.42 Å². The van der Waals surface area contributed by atoms with E-state index in [1.54, 1.807) is 0 Å². The zero-order valence-corrected chi connectivity index (χ0v) is 12.3. The third-order valence-corrected chi connectivity index (χ3v) is 6.93. The molecule has 2 nitrogen and oxygen atoms in total. The molecular formula is C14H21NOS2. The fraction of sp³-hybridized carbons (Fsp3) is 0.714. The third kappa shape index (κ3) is 2.98. The predicted molar refractivity (Wildman–Crippen MR) is 81.3 cm³/mol. The van der Waals surface area contributed by atoms with Crippen molar-refractivity contribution >= 4 is 23.5 Å². The Morgan fingerprint density at radius 1 is 1.00 bits per heavy atom. The lowest BCUT2D eigenvalue weighted by Crippen LogP contribution is -2.48. The molecule has 0 aromatic rings. The highest BCUT2D eigenvalue weighted by atomic mass is 32.2. The molecule has 4 heteroatoms. The van der Waals surface area contributed by atoms with E-state index in [0.717, 1.165) is 30.9 Å². The molecule has 3 rings (SSSR count). The first-order valence-electron chi connectivity index (χ1n) is 6.85. The van der Waals surface area contributed by atoms with E-state index >= 15 is 0 Å². The van der Waals surface area contributed by atoms with E-state index < -0.39 is 0 Å². The van der Waals surface area contributed by atoms with E-state index in [0.29, 0.717) is 12.0 Å². The van der Waals surface area contributed by atoms with Crippen molar-refractivity contribution < 1.29 is 4.74 Å². The molecule has 2 atom stereocenters. The summed E-state index contributed by atoms with van der Waals surface area (Å²) in [6.07, 6.45) is 10.6. The molecule has 3 aliphatic rings. The van der Waals surface area contributed by atoms with Crippen molar-refractivity contribution in [3.05, 3.63) is 24.3 Å².